The van der Waals surface area contributed by atoms with Crippen LogP contribution in [0.25, 0.3) is 0 Å². The van der Waals surface area contributed by atoms with Gasteiger partial charge in [0.05, 0.1) is 0 Å². The van der Waals surface area contributed by atoms with Crippen molar-refractivity contribution in [3.63, 3.8) is 0 Å². The van der Waals surface area contributed by atoms with Gasteiger partial charge in [-0.25, -0.2) is 0 Å². The molecule has 3 heteroatoms. The van der Waals surface area contributed by atoms with Gasteiger partial charge in [0.2, 0.25) is 0 Å². The third-order valence-corrected chi connectivity index (χ3v) is 5.65. The molecule has 0 atom stereocenters. The van der Waals surface area contributed by atoms with Crippen LogP contribution in [0.15, 0.2) is 12.1 Å². The number of nitrogens with zero attached hydrogens (tertiary/aromatic N) is 1. The molecule has 2 heterocycles. The summed E-state index contributed by atoms with van der Waals surface area (Å²) >= 11 is 1.96. The van der Waals surface area contributed by atoms with E-state index in [4.69, 9.17) is 0 Å². The van der Waals surface area contributed by atoms with Gasteiger partial charge in [-0.15, -0.1) is 11.3 Å². The lowest BCUT2D eigenvalue weighted by Gasteiger charge is -2.40. The van der Waals surface area contributed by atoms with Crippen LogP contribution >= 0.6 is 11.3 Å². The van der Waals surface area contributed by atoms with E-state index in [9.17, 15) is 0 Å². The summed E-state index contributed by atoms with van der Waals surface area (Å²) in [5.41, 5.74) is 0.432. The molecule has 3 rings (SSSR count). The van der Waals surface area contributed by atoms with Crippen molar-refractivity contribution in [2.45, 2.75) is 57.5 Å². The highest BCUT2D eigenvalue weighted by Gasteiger charge is 2.34. The van der Waals surface area contributed by atoms with Gasteiger partial charge < -0.3 is 5.32 Å². The van der Waals surface area contributed by atoms with Gasteiger partial charge in [0.1, 0.15) is 0 Å². The number of rotatable bonds is 2. The van der Waals surface area contributed by atoms with Crippen molar-refractivity contribution < 1.29 is 0 Å². The fraction of sp³-hybridized carbons (Fsp3) is 0.750. The summed E-state index contributed by atoms with van der Waals surface area (Å²) in [5.74, 6) is 0. The average Bonchev–Trinajstić information content (AvgIpc) is 2.71. The fourth-order valence-corrected chi connectivity index (χ4v) is 4.64. The van der Waals surface area contributed by atoms with Crippen molar-refractivity contribution in [1.29, 1.82) is 0 Å². The molecule has 2 nitrogen and oxygen atoms in total. The van der Waals surface area contributed by atoms with E-state index in [1.165, 1.54) is 67.9 Å². The molecule has 0 radical (unpaired) electrons. The highest BCUT2D eigenvalue weighted by molar-refractivity contribution is 7.11. The smallest absolute Gasteiger partial charge is 0.0328 e. The molecule has 19 heavy (non-hydrogen) atoms. The molecule has 0 bridgehead atoms. The Kier molecular flexibility index (Phi) is 4.25. The molecule has 1 saturated heterocycles. The van der Waals surface area contributed by atoms with E-state index < -0.39 is 0 Å². The van der Waals surface area contributed by atoms with Crippen molar-refractivity contribution in [3.8, 4) is 0 Å². The van der Waals surface area contributed by atoms with Crippen LogP contribution in [-0.2, 0) is 6.54 Å². The van der Waals surface area contributed by atoms with Crippen molar-refractivity contribution in [3.05, 3.63) is 21.9 Å². The van der Waals surface area contributed by atoms with E-state index in [-0.39, 0.29) is 0 Å². The van der Waals surface area contributed by atoms with E-state index in [0.717, 1.165) is 6.54 Å². The van der Waals surface area contributed by atoms with Crippen LogP contribution in [-0.4, -0.2) is 30.1 Å². The third kappa shape index (κ3) is 3.39. The van der Waals surface area contributed by atoms with Gasteiger partial charge >= 0.3 is 0 Å². The van der Waals surface area contributed by atoms with E-state index in [0.29, 0.717) is 5.54 Å². The molecule has 0 amide bonds. The molecular formula is C16H26N2S. The number of aryl methyl sites for hydroxylation is 1. The standard InChI is InChI=1S/C16H26N2S/c1-14-6-7-15(19-14)12-18-11-5-10-17-16(13-18)8-3-2-4-9-16/h6-7,17H,2-5,8-13H2,1H3. The second-order valence-electron chi connectivity index (χ2n) is 6.34. The largest absolute Gasteiger partial charge is 0.310 e. The van der Waals surface area contributed by atoms with Crippen molar-refractivity contribution in [1.82, 2.24) is 10.2 Å². The van der Waals surface area contributed by atoms with E-state index >= 15 is 0 Å². The van der Waals surface area contributed by atoms with Gasteiger partial charge in [-0.3, -0.25) is 4.90 Å². The van der Waals surface area contributed by atoms with Crippen molar-refractivity contribution in [2.24, 2.45) is 0 Å². The topological polar surface area (TPSA) is 15.3 Å². The highest BCUT2D eigenvalue weighted by Crippen LogP contribution is 2.31. The molecule has 0 aromatic carbocycles. The van der Waals surface area contributed by atoms with Gasteiger partial charge in [0.15, 0.2) is 0 Å². The lowest BCUT2D eigenvalue weighted by atomic mass is 9.81. The molecule has 106 valence electrons. The molecule has 2 aliphatic rings. The Morgan fingerprint density at radius 1 is 1.21 bits per heavy atom. The Balaban J connectivity index is 1.67. The Labute approximate surface area is 121 Å². The second-order valence-corrected chi connectivity index (χ2v) is 7.72. The van der Waals surface area contributed by atoms with Crippen LogP contribution in [0.4, 0.5) is 0 Å². The minimum absolute atomic E-state index is 0.432. The number of hydrogen-bond donors (Lipinski definition) is 1. The summed E-state index contributed by atoms with van der Waals surface area (Å²) in [6, 6.07) is 4.57. The summed E-state index contributed by atoms with van der Waals surface area (Å²) in [5, 5.41) is 3.88. The first kappa shape index (κ1) is 13.6. The Hall–Kier alpha value is -0.380. The maximum Gasteiger partial charge on any atom is 0.0328 e. The monoisotopic (exact) mass is 278 g/mol. The van der Waals surface area contributed by atoms with E-state index in [1.54, 1.807) is 0 Å². The lowest BCUT2D eigenvalue weighted by Crippen LogP contribution is -2.52. The molecule has 0 unspecified atom stereocenters. The summed E-state index contributed by atoms with van der Waals surface area (Å²) < 4.78 is 0. The summed E-state index contributed by atoms with van der Waals surface area (Å²) in [4.78, 5) is 5.66. The van der Waals surface area contributed by atoms with Crippen LogP contribution < -0.4 is 5.32 Å². The summed E-state index contributed by atoms with van der Waals surface area (Å²) in [7, 11) is 0. The number of thiophene rings is 1. The SMILES string of the molecule is Cc1ccc(CN2CCCNC3(CCCCC3)C2)s1. The molecule has 2 fully saturated rings. The maximum atomic E-state index is 3.88. The van der Waals surface area contributed by atoms with Crippen molar-refractivity contribution >= 4 is 11.3 Å². The Morgan fingerprint density at radius 2 is 2.05 bits per heavy atom. The molecule has 1 spiro atoms. The summed E-state index contributed by atoms with van der Waals surface area (Å²) in [6.07, 6.45) is 8.33. The first-order valence-electron chi connectivity index (χ1n) is 7.79. The molecular weight excluding hydrogens is 252 g/mol. The Bertz CT molecular complexity index is 407. The number of hydrogen-bond acceptors (Lipinski definition) is 3. The van der Waals surface area contributed by atoms with Crippen LogP contribution in [0, 0.1) is 6.92 Å². The van der Waals surface area contributed by atoms with Crippen LogP contribution in [0.3, 0.4) is 0 Å². The average molecular weight is 278 g/mol. The zero-order chi connectivity index (χ0) is 13.1. The minimum Gasteiger partial charge on any atom is -0.310 e. The molecule has 1 aromatic rings. The lowest BCUT2D eigenvalue weighted by molar-refractivity contribution is 0.160. The first-order valence-corrected chi connectivity index (χ1v) is 8.60. The van der Waals surface area contributed by atoms with Gasteiger partial charge in [-0.1, -0.05) is 19.3 Å². The zero-order valence-electron chi connectivity index (χ0n) is 12.1. The van der Waals surface area contributed by atoms with Gasteiger partial charge in [-0.2, -0.15) is 0 Å². The van der Waals surface area contributed by atoms with Gasteiger partial charge in [-0.05, 0) is 51.4 Å². The molecule has 1 aliphatic carbocycles. The molecule has 1 aliphatic heterocycles. The molecule has 1 aromatic heterocycles. The number of nitrogens with one attached hydrogen (secondary N) is 1. The van der Waals surface area contributed by atoms with Gasteiger partial charge in [0.25, 0.3) is 0 Å². The maximum absolute atomic E-state index is 3.88. The van der Waals surface area contributed by atoms with E-state index in [1.807, 2.05) is 11.3 Å². The second kappa shape index (κ2) is 5.94. The quantitative estimate of drug-likeness (QED) is 0.890. The predicted molar refractivity (Wildman–Crippen MR) is 82.8 cm³/mol. The minimum atomic E-state index is 0.432. The van der Waals surface area contributed by atoms with E-state index in [2.05, 4.69) is 29.3 Å². The van der Waals surface area contributed by atoms with Gasteiger partial charge in [0, 0.05) is 28.4 Å². The predicted octanol–water partition coefficient (Wildman–Crippen LogP) is 3.55. The van der Waals surface area contributed by atoms with Crippen molar-refractivity contribution in [2.75, 3.05) is 19.6 Å². The summed E-state index contributed by atoms with van der Waals surface area (Å²) in [6.45, 7) is 7.08. The van der Waals surface area contributed by atoms with Crippen LogP contribution in [0.2, 0.25) is 0 Å². The fourth-order valence-electron chi connectivity index (χ4n) is 3.71. The highest BCUT2D eigenvalue weighted by atomic mass is 32.1. The van der Waals surface area contributed by atoms with Crippen LogP contribution in [0.5, 0.6) is 0 Å². The normalized spacial score (nSPS) is 24.5. The Morgan fingerprint density at radius 3 is 2.79 bits per heavy atom. The zero-order valence-corrected chi connectivity index (χ0v) is 12.9. The third-order valence-electron chi connectivity index (χ3n) is 4.66. The molecule has 1 saturated carbocycles. The van der Waals surface area contributed by atoms with Crippen LogP contribution in [0.1, 0.15) is 48.3 Å². The molecule has 1 N–H and O–H groups in total. The first-order chi connectivity index (χ1) is 9.26.